The van der Waals surface area contributed by atoms with Crippen LogP contribution in [0.4, 0.5) is 0 Å². The van der Waals surface area contributed by atoms with Crippen LogP contribution in [0.15, 0.2) is 47.4 Å². The summed E-state index contributed by atoms with van der Waals surface area (Å²) in [6.45, 7) is 2.17. The lowest BCUT2D eigenvalue weighted by Gasteiger charge is -2.41. The van der Waals surface area contributed by atoms with E-state index in [9.17, 15) is 8.42 Å². The monoisotopic (exact) mass is 522 g/mol. The zero-order chi connectivity index (χ0) is 23.7. The van der Waals surface area contributed by atoms with E-state index in [0.717, 1.165) is 57.4 Å². The molecule has 1 N–H and O–H groups in total. The molecule has 8 heteroatoms. The largest absolute Gasteiger partial charge is 0.490 e. The summed E-state index contributed by atoms with van der Waals surface area (Å²) in [6.07, 6.45) is 8.77. The molecular weight excluding hydrogens is 491 g/mol. The predicted molar refractivity (Wildman–Crippen MR) is 136 cm³/mol. The Morgan fingerprint density at radius 1 is 0.882 bits per heavy atom. The smallest absolute Gasteiger partial charge is 0.242 e. The van der Waals surface area contributed by atoms with Gasteiger partial charge in [-0.05, 0) is 100 Å². The quantitative estimate of drug-likeness (QED) is 0.484. The molecule has 2 aromatic rings. The lowest BCUT2D eigenvalue weighted by atomic mass is 9.85. The molecule has 0 spiro atoms. The van der Waals surface area contributed by atoms with Crippen LogP contribution in [0.25, 0.3) is 0 Å². The second kappa shape index (κ2) is 10.4. The van der Waals surface area contributed by atoms with Crippen LogP contribution >= 0.6 is 23.2 Å². The maximum atomic E-state index is 12.8. The van der Waals surface area contributed by atoms with Gasteiger partial charge in [0.2, 0.25) is 10.0 Å². The summed E-state index contributed by atoms with van der Waals surface area (Å²) < 4.78 is 34.7. The molecule has 0 aromatic heterocycles. The van der Waals surface area contributed by atoms with Gasteiger partial charge in [0.25, 0.3) is 0 Å². The average molecular weight is 524 g/mol. The highest BCUT2D eigenvalue weighted by molar-refractivity contribution is 7.89. The first-order valence-electron chi connectivity index (χ1n) is 12.4. The third-order valence-corrected chi connectivity index (χ3v) is 9.66. The molecule has 1 saturated heterocycles. The summed E-state index contributed by atoms with van der Waals surface area (Å²) >= 11 is 12.0. The lowest BCUT2D eigenvalue weighted by molar-refractivity contribution is 0.115. The van der Waals surface area contributed by atoms with Crippen molar-refractivity contribution in [3.8, 4) is 5.75 Å². The Morgan fingerprint density at radius 3 is 2.26 bits per heavy atom. The van der Waals surface area contributed by atoms with Gasteiger partial charge in [0, 0.05) is 17.1 Å². The molecule has 0 bridgehead atoms. The Balaban J connectivity index is 1.12. The number of halogens is 2. The minimum atomic E-state index is -3.66. The van der Waals surface area contributed by atoms with E-state index in [-0.39, 0.29) is 16.0 Å². The van der Waals surface area contributed by atoms with Gasteiger partial charge in [-0.25, -0.2) is 13.1 Å². The van der Waals surface area contributed by atoms with Gasteiger partial charge in [-0.2, -0.15) is 0 Å². The third-order valence-electron chi connectivity index (χ3n) is 7.42. The van der Waals surface area contributed by atoms with Crippen molar-refractivity contribution in [3.63, 3.8) is 0 Å². The van der Waals surface area contributed by atoms with Gasteiger partial charge >= 0.3 is 0 Å². The van der Waals surface area contributed by atoms with E-state index < -0.39 is 10.0 Å². The molecule has 34 heavy (non-hydrogen) atoms. The SMILES string of the molecule is O=S(=O)(N[C@H]1CC[C@H](N2CCC(c3ccccc3OC3CC3)CC2)CC1)c1ccc(Cl)cc1Cl. The number of benzene rings is 2. The van der Waals surface area contributed by atoms with Crippen LogP contribution in [0.5, 0.6) is 5.75 Å². The van der Waals surface area contributed by atoms with Crippen molar-refractivity contribution in [3.05, 3.63) is 58.1 Å². The molecule has 2 aromatic carbocycles. The van der Waals surface area contributed by atoms with Gasteiger partial charge in [0.15, 0.2) is 0 Å². The fraction of sp³-hybridized carbons (Fsp3) is 0.538. The normalized spacial score (nSPS) is 24.8. The Morgan fingerprint density at radius 2 is 1.59 bits per heavy atom. The van der Waals surface area contributed by atoms with E-state index in [4.69, 9.17) is 27.9 Å². The number of para-hydroxylation sites is 1. The third kappa shape index (κ3) is 5.73. The minimum absolute atomic E-state index is 0.0583. The number of ether oxygens (including phenoxy) is 1. The number of hydrogen-bond donors (Lipinski definition) is 1. The summed E-state index contributed by atoms with van der Waals surface area (Å²) in [5.41, 5.74) is 1.37. The fourth-order valence-electron chi connectivity index (χ4n) is 5.40. The summed E-state index contributed by atoms with van der Waals surface area (Å²) in [6, 6.07) is 13.5. The molecule has 184 valence electrons. The highest BCUT2D eigenvalue weighted by Gasteiger charge is 2.33. The van der Waals surface area contributed by atoms with Gasteiger partial charge in [-0.3, -0.25) is 0 Å². The van der Waals surface area contributed by atoms with Gasteiger partial charge in [0.1, 0.15) is 10.6 Å². The van der Waals surface area contributed by atoms with Gasteiger partial charge in [-0.1, -0.05) is 41.4 Å². The number of hydrogen-bond acceptors (Lipinski definition) is 4. The molecule has 0 atom stereocenters. The van der Waals surface area contributed by atoms with Crippen molar-refractivity contribution >= 4 is 33.2 Å². The van der Waals surface area contributed by atoms with Crippen LogP contribution in [0.2, 0.25) is 10.0 Å². The van der Waals surface area contributed by atoms with Gasteiger partial charge < -0.3 is 9.64 Å². The lowest BCUT2D eigenvalue weighted by Crippen LogP contribution is -2.46. The number of sulfonamides is 1. The van der Waals surface area contributed by atoms with Crippen LogP contribution < -0.4 is 9.46 Å². The topological polar surface area (TPSA) is 58.6 Å². The van der Waals surface area contributed by atoms with Crippen LogP contribution in [0.1, 0.15) is 62.8 Å². The van der Waals surface area contributed by atoms with Crippen LogP contribution in [0, 0.1) is 0 Å². The number of nitrogens with one attached hydrogen (secondary N) is 1. The van der Waals surface area contributed by atoms with Crippen molar-refractivity contribution < 1.29 is 13.2 Å². The fourth-order valence-corrected chi connectivity index (χ4v) is 7.48. The zero-order valence-electron chi connectivity index (χ0n) is 19.3. The maximum absolute atomic E-state index is 12.8. The van der Waals surface area contributed by atoms with Gasteiger partial charge in [-0.15, -0.1) is 0 Å². The second-order valence-corrected chi connectivity index (χ2v) is 12.4. The van der Waals surface area contributed by atoms with Crippen molar-refractivity contribution in [1.29, 1.82) is 0 Å². The number of piperidine rings is 1. The molecule has 2 aliphatic carbocycles. The van der Waals surface area contributed by atoms with E-state index in [1.807, 2.05) is 0 Å². The van der Waals surface area contributed by atoms with Crippen molar-refractivity contribution in [2.45, 2.75) is 80.4 Å². The Kier molecular flexibility index (Phi) is 7.43. The Hall–Kier alpha value is -1.31. The molecule has 1 heterocycles. The molecule has 5 rings (SSSR count). The average Bonchev–Trinajstić information content (AvgIpc) is 3.64. The predicted octanol–water partition coefficient (Wildman–Crippen LogP) is 6.00. The number of nitrogens with zero attached hydrogens (tertiary/aromatic N) is 1. The van der Waals surface area contributed by atoms with E-state index in [0.29, 0.717) is 23.1 Å². The molecule has 1 aliphatic heterocycles. The van der Waals surface area contributed by atoms with Crippen molar-refractivity contribution in [2.75, 3.05) is 13.1 Å². The van der Waals surface area contributed by atoms with Crippen LogP contribution in [-0.4, -0.2) is 44.6 Å². The van der Waals surface area contributed by atoms with Crippen molar-refractivity contribution in [1.82, 2.24) is 9.62 Å². The van der Waals surface area contributed by atoms with Crippen LogP contribution in [-0.2, 0) is 10.0 Å². The first kappa shape index (κ1) is 24.4. The van der Waals surface area contributed by atoms with E-state index in [2.05, 4.69) is 33.9 Å². The molecule has 3 aliphatic rings. The first-order chi connectivity index (χ1) is 16.4. The number of rotatable bonds is 7. The zero-order valence-corrected chi connectivity index (χ0v) is 21.6. The molecule has 0 amide bonds. The first-order valence-corrected chi connectivity index (χ1v) is 14.6. The van der Waals surface area contributed by atoms with E-state index in [1.165, 1.54) is 30.5 Å². The Bertz CT molecular complexity index is 1110. The molecule has 0 unspecified atom stereocenters. The summed E-state index contributed by atoms with van der Waals surface area (Å²) in [5.74, 6) is 1.63. The minimum Gasteiger partial charge on any atom is -0.490 e. The second-order valence-electron chi connectivity index (χ2n) is 9.87. The highest BCUT2D eigenvalue weighted by atomic mass is 35.5. The molecule has 5 nitrogen and oxygen atoms in total. The maximum Gasteiger partial charge on any atom is 0.242 e. The highest BCUT2D eigenvalue weighted by Crippen LogP contribution is 2.38. The molecule has 2 saturated carbocycles. The van der Waals surface area contributed by atoms with E-state index in [1.54, 1.807) is 6.07 Å². The molecular formula is C26H32Cl2N2O3S. The summed E-state index contributed by atoms with van der Waals surface area (Å²) in [4.78, 5) is 2.70. The summed E-state index contributed by atoms with van der Waals surface area (Å²) in [5, 5.41) is 0.577. The van der Waals surface area contributed by atoms with E-state index >= 15 is 0 Å². The standard InChI is InChI=1S/C26H32Cl2N2O3S/c27-19-5-12-26(24(28)17-19)34(31,32)29-20-6-8-21(9-7-20)30-15-13-18(14-16-30)23-3-1-2-4-25(23)33-22-10-11-22/h1-5,12,17-18,20-22,29H,6-11,13-16H2/t20-,21-. The molecule has 3 fully saturated rings. The number of likely N-dealkylation sites (tertiary alicyclic amines) is 1. The molecule has 0 radical (unpaired) electrons. The van der Waals surface area contributed by atoms with Crippen molar-refractivity contribution in [2.24, 2.45) is 0 Å². The van der Waals surface area contributed by atoms with Gasteiger partial charge in [0.05, 0.1) is 11.1 Å². The summed E-state index contributed by atoms with van der Waals surface area (Å²) in [7, 11) is -3.66. The van der Waals surface area contributed by atoms with Crippen LogP contribution in [0.3, 0.4) is 0 Å². The Labute approximate surface area is 212 Å².